The van der Waals surface area contributed by atoms with E-state index in [1.807, 2.05) is 45.8 Å². The van der Waals surface area contributed by atoms with Gasteiger partial charge in [0.1, 0.15) is 35.6 Å². The Labute approximate surface area is 458 Å². The van der Waals surface area contributed by atoms with Crippen LogP contribution < -0.4 is 5.32 Å². The van der Waals surface area contributed by atoms with E-state index in [9.17, 15) is 45.0 Å². The molecule has 3 saturated heterocycles. The van der Waals surface area contributed by atoms with Crippen LogP contribution in [0.5, 0.6) is 0 Å². The molecule has 4 aliphatic carbocycles. The highest BCUT2D eigenvalue weighted by Gasteiger charge is 2.68. The summed E-state index contributed by atoms with van der Waals surface area (Å²) in [6, 6.07) is -0.909. The number of ether oxygens (including phenoxy) is 6. The Balaban J connectivity index is 1.11. The maximum absolute atomic E-state index is 14.6. The average molecular weight is 1090 g/mol. The minimum Gasteiger partial charge on any atom is -0.459 e. The molecule has 3 saturated carbocycles. The number of amides is 1. The molecule has 1 amide bonds. The molecule has 3 heterocycles. The van der Waals surface area contributed by atoms with E-state index in [4.69, 9.17) is 28.4 Å². The fraction of sp³-hybridized carbons (Fsp3) is 0.881. The van der Waals surface area contributed by atoms with Gasteiger partial charge in [-0.2, -0.15) is 0 Å². The normalized spacial score (nSPS) is 47.2. The number of likely N-dealkylation sites (N-methyl/N-ethyl adjacent to an activating group) is 1. The summed E-state index contributed by atoms with van der Waals surface area (Å²) in [7, 11) is 5.35. The molecule has 3 aliphatic heterocycles. The number of hydrogen-bond donors (Lipinski definition) is 7. The zero-order valence-corrected chi connectivity index (χ0v) is 48.9. The molecule has 18 nitrogen and oxygen atoms in total. The Hall–Kier alpha value is -2.43. The van der Waals surface area contributed by atoms with Gasteiger partial charge in [0.2, 0.25) is 0 Å². The van der Waals surface area contributed by atoms with E-state index >= 15 is 0 Å². The van der Waals surface area contributed by atoms with Crippen LogP contribution in [0.25, 0.3) is 0 Å². The summed E-state index contributed by atoms with van der Waals surface area (Å²) in [5.41, 5.74) is -5.58. The number of allylic oxidation sites excluding steroid dienone is 4. The summed E-state index contributed by atoms with van der Waals surface area (Å²) < 4.78 is 38.4. The van der Waals surface area contributed by atoms with Crippen molar-refractivity contribution in [2.75, 3.05) is 40.8 Å². The Morgan fingerprint density at radius 3 is 2.29 bits per heavy atom. The Kier molecular flexibility index (Phi) is 19.2. The number of hydrogen-bond acceptors (Lipinski definition) is 17. The summed E-state index contributed by atoms with van der Waals surface area (Å²) in [6.07, 6.45) is 0.969. The lowest BCUT2D eigenvalue weighted by Crippen LogP contribution is -2.63. The lowest BCUT2D eigenvalue weighted by atomic mass is 9.46. The van der Waals surface area contributed by atoms with Crippen LogP contribution in [0.15, 0.2) is 23.8 Å². The highest BCUT2D eigenvalue weighted by Crippen LogP contribution is 2.67. The van der Waals surface area contributed by atoms with Crippen molar-refractivity contribution in [3.05, 3.63) is 23.8 Å². The van der Waals surface area contributed by atoms with Gasteiger partial charge in [0, 0.05) is 61.9 Å². The summed E-state index contributed by atoms with van der Waals surface area (Å²) >= 11 is 0. The summed E-state index contributed by atoms with van der Waals surface area (Å²) in [5.74, 6) is -2.17. The third kappa shape index (κ3) is 12.1. The Bertz CT molecular complexity index is 2140. The first-order valence-electron chi connectivity index (χ1n) is 29.1. The molecule has 0 aromatic rings. The van der Waals surface area contributed by atoms with Crippen molar-refractivity contribution >= 4 is 17.7 Å². The molecule has 0 bridgehead atoms. The van der Waals surface area contributed by atoms with E-state index in [2.05, 4.69) is 31.0 Å². The first kappa shape index (κ1) is 62.2. The van der Waals surface area contributed by atoms with Crippen molar-refractivity contribution in [2.45, 2.75) is 250 Å². The summed E-state index contributed by atoms with van der Waals surface area (Å²) in [5, 5.41) is 74.9. The SMILES string of the molecule is CC[C@H]1OC(=O)[C@H](C)[C@@H](O[C@@H]2C[C@](C)(OC)[C@H](O)[C@@H](C)O2)C[C@@H](O[C@H]2O[C@@H](C)C[C@H](N(C)C)C2O)C(C)(C)CCCN(CCCNC(=O)[C@@]2(O)CCC3C4CCC5=CC(=O)C=C[C@]5(C)C4[C@@H](O)C[C@@]32C)[C@H](C)[C@H](O)[C@@]1(C)O. The molecule has 6 fully saturated rings. The Morgan fingerprint density at radius 1 is 0.922 bits per heavy atom. The maximum Gasteiger partial charge on any atom is 0.311 e. The molecule has 7 rings (SSSR count). The second-order valence-electron chi connectivity index (χ2n) is 26.4. The number of aliphatic hydroxyl groups is 6. The molecule has 440 valence electrons. The lowest BCUT2D eigenvalue weighted by molar-refractivity contribution is -0.303. The van der Waals surface area contributed by atoms with Gasteiger partial charge in [-0.05, 0) is 156 Å². The highest BCUT2D eigenvalue weighted by molar-refractivity contribution is 6.01. The third-order valence-electron chi connectivity index (χ3n) is 20.7. The number of fused-ring (bicyclic) bond motifs is 5. The zero-order chi connectivity index (χ0) is 57.0. The van der Waals surface area contributed by atoms with Gasteiger partial charge in [0.05, 0.1) is 42.0 Å². The van der Waals surface area contributed by atoms with Crippen LogP contribution in [0.3, 0.4) is 0 Å². The van der Waals surface area contributed by atoms with E-state index in [1.165, 1.54) is 14.0 Å². The number of rotatable bonds is 12. The summed E-state index contributed by atoms with van der Waals surface area (Å²) in [6.45, 7) is 21.6. The number of aliphatic hydroxyl groups excluding tert-OH is 4. The molecule has 0 radical (unpaired) electrons. The molecule has 7 aliphatic rings. The van der Waals surface area contributed by atoms with E-state index in [-0.39, 0.29) is 74.3 Å². The van der Waals surface area contributed by atoms with Crippen molar-refractivity contribution in [2.24, 2.45) is 39.9 Å². The molecular formula is C59H99N3O15. The standard InChI is InChI=1S/C59H99N3O15/c1-15-44-58(11,70)49(66)35(4)62(27-17-25-60-53(69)59(71)24-21-40-39-19-18-37-29-38(63)20-23-55(37,8)47(39)42(64)31-56(40,59)9)26-16-22-54(6,7)45(77-52-48(65)41(61(12)13)28-33(2)73-52)30-43(34(3)51(68)76-44)75-46-32-57(10,72-14)50(67)36(5)74-46/h20,23,29,33-36,39-50,52,64-67,70-71H,15-19,21-22,24-28,30-32H2,1-14H3,(H,60,69)/t33-,34+,35+,36+,39?,40?,41-,42-,43-,44+,45+,46+,47?,48?,49-,50+,52+,55-,56-,57-,58-,59-/m0/s1. The average Bonchev–Trinajstić information content (AvgIpc) is 3.64. The first-order valence-corrected chi connectivity index (χ1v) is 29.1. The maximum atomic E-state index is 14.6. The molecule has 0 aromatic carbocycles. The number of carbonyl (C=O) groups is 3. The van der Waals surface area contributed by atoms with Crippen molar-refractivity contribution in [3.63, 3.8) is 0 Å². The van der Waals surface area contributed by atoms with Gasteiger partial charge >= 0.3 is 5.97 Å². The van der Waals surface area contributed by atoms with Crippen LogP contribution in [0.4, 0.5) is 0 Å². The highest BCUT2D eigenvalue weighted by atomic mass is 16.7. The van der Waals surface area contributed by atoms with Crippen LogP contribution in [-0.2, 0) is 42.8 Å². The topological polar surface area (TPSA) is 246 Å². The zero-order valence-electron chi connectivity index (χ0n) is 48.9. The molecule has 0 spiro atoms. The minimum atomic E-state index is -1.91. The van der Waals surface area contributed by atoms with Crippen LogP contribution in [0, 0.1) is 39.9 Å². The van der Waals surface area contributed by atoms with Gasteiger partial charge in [-0.1, -0.05) is 46.3 Å². The van der Waals surface area contributed by atoms with Gasteiger partial charge in [-0.15, -0.1) is 0 Å². The number of cyclic esters (lactones) is 1. The van der Waals surface area contributed by atoms with Crippen molar-refractivity contribution in [1.82, 2.24) is 15.1 Å². The fourth-order valence-electron chi connectivity index (χ4n) is 15.4. The molecule has 22 atom stereocenters. The first-order chi connectivity index (χ1) is 35.9. The number of methoxy groups -OCH3 is 1. The largest absolute Gasteiger partial charge is 0.459 e. The molecule has 18 heteroatoms. The summed E-state index contributed by atoms with van der Waals surface area (Å²) in [4.78, 5) is 45.4. The predicted molar refractivity (Wildman–Crippen MR) is 288 cm³/mol. The van der Waals surface area contributed by atoms with E-state index < -0.39 is 118 Å². The fourth-order valence-corrected chi connectivity index (χ4v) is 15.4. The van der Waals surface area contributed by atoms with E-state index in [0.717, 1.165) is 18.4 Å². The number of esters is 1. The second-order valence-corrected chi connectivity index (χ2v) is 26.4. The van der Waals surface area contributed by atoms with Crippen molar-refractivity contribution in [3.8, 4) is 0 Å². The molecule has 0 aromatic heterocycles. The molecule has 4 unspecified atom stereocenters. The van der Waals surface area contributed by atoms with Crippen molar-refractivity contribution < 1.29 is 73.4 Å². The van der Waals surface area contributed by atoms with Crippen LogP contribution in [-0.4, -0.2) is 195 Å². The van der Waals surface area contributed by atoms with Gasteiger partial charge < -0.3 is 69.3 Å². The third-order valence-corrected chi connectivity index (χ3v) is 20.7. The number of ketones is 1. The second kappa shape index (κ2) is 23.8. The van der Waals surface area contributed by atoms with Gasteiger partial charge in [0.15, 0.2) is 18.4 Å². The number of nitrogens with one attached hydrogen (secondary N) is 1. The van der Waals surface area contributed by atoms with Crippen LogP contribution in [0.1, 0.15) is 153 Å². The van der Waals surface area contributed by atoms with Crippen LogP contribution >= 0.6 is 0 Å². The minimum absolute atomic E-state index is 0.00384. The van der Waals surface area contributed by atoms with Gasteiger partial charge in [-0.25, -0.2) is 0 Å². The molecule has 77 heavy (non-hydrogen) atoms. The van der Waals surface area contributed by atoms with E-state index in [0.29, 0.717) is 45.2 Å². The molecule has 7 N–H and O–H groups in total. The Morgan fingerprint density at radius 2 is 1.62 bits per heavy atom. The van der Waals surface area contributed by atoms with Gasteiger partial charge in [0.25, 0.3) is 5.91 Å². The van der Waals surface area contributed by atoms with Crippen LogP contribution in [0.2, 0.25) is 0 Å². The lowest BCUT2D eigenvalue weighted by Gasteiger charge is -2.59. The number of carbonyl (C=O) groups excluding carboxylic acids is 3. The van der Waals surface area contributed by atoms with E-state index in [1.54, 1.807) is 39.8 Å². The van der Waals surface area contributed by atoms with Crippen molar-refractivity contribution in [1.29, 1.82) is 0 Å². The van der Waals surface area contributed by atoms with Gasteiger partial charge in [-0.3, -0.25) is 19.3 Å². The number of nitrogens with zero attached hydrogens (tertiary/aromatic N) is 2. The smallest absolute Gasteiger partial charge is 0.311 e. The monoisotopic (exact) mass is 1090 g/mol. The quantitative estimate of drug-likeness (QED) is 0.105. The molecular weight excluding hydrogens is 991 g/mol. The predicted octanol–water partition coefficient (Wildman–Crippen LogP) is 4.57.